The molecule has 276 valence electrons. The van der Waals surface area contributed by atoms with Crippen molar-refractivity contribution in [3.63, 3.8) is 0 Å². The Labute approximate surface area is 338 Å². The van der Waals surface area contributed by atoms with Crippen LogP contribution in [0.4, 0.5) is 51.2 Å². The zero-order valence-corrected chi connectivity index (χ0v) is 31.8. The van der Waals surface area contributed by atoms with Gasteiger partial charge in [-0.2, -0.15) is 0 Å². The maximum Gasteiger partial charge on any atom is 0.137 e. The van der Waals surface area contributed by atoms with Crippen LogP contribution in [-0.4, -0.2) is 9.55 Å². The summed E-state index contributed by atoms with van der Waals surface area (Å²) in [7, 11) is 0. The first-order valence-electron chi connectivity index (χ1n) is 19.6. The lowest BCUT2D eigenvalue weighted by molar-refractivity contribution is 1.08. The van der Waals surface area contributed by atoms with E-state index in [1.54, 1.807) is 0 Å². The number of nitrogens with zero attached hydrogens (tertiary/aromatic N) is 5. The van der Waals surface area contributed by atoms with Gasteiger partial charge in [-0.25, -0.2) is 4.98 Å². The van der Waals surface area contributed by atoms with Crippen molar-refractivity contribution in [2.45, 2.75) is 0 Å². The summed E-state index contributed by atoms with van der Waals surface area (Å²) in [5.74, 6) is 0.901. The maximum absolute atomic E-state index is 4.73. The van der Waals surface area contributed by atoms with Gasteiger partial charge in [-0.15, -0.1) is 0 Å². The van der Waals surface area contributed by atoms with Crippen molar-refractivity contribution in [3.8, 4) is 5.82 Å². The summed E-state index contributed by atoms with van der Waals surface area (Å²) in [5, 5.41) is 2.36. The number of benzene rings is 8. The summed E-state index contributed by atoms with van der Waals surface area (Å²) in [5.41, 5.74) is 11.9. The highest BCUT2D eigenvalue weighted by Crippen LogP contribution is 2.43. The average Bonchev–Trinajstić information content (AvgIpc) is 3.63. The SMILES string of the molecule is c1ccc(N(c2ccccc2)c2cccc(N(c3ccccc3)c3ccc(N(c4ccccc4)c4ccc5c(c4)c4ccccc4n5-c4ccccn4)cc3)c2)cc1. The van der Waals surface area contributed by atoms with Gasteiger partial charge in [0.1, 0.15) is 5.82 Å². The summed E-state index contributed by atoms with van der Waals surface area (Å²) in [4.78, 5) is 11.7. The fourth-order valence-electron chi connectivity index (χ4n) is 8.00. The number of fused-ring (bicyclic) bond motifs is 3. The van der Waals surface area contributed by atoms with Crippen molar-refractivity contribution in [1.82, 2.24) is 9.55 Å². The summed E-state index contributed by atoms with van der Waals surface area (Å²) in [6.45, 7) is 0. The number of para-hydroxylation sites is 5. The molecule has 0 unspecified atom stereocenters. The number of hydrogen-bond acceptors (Lipinski definition) is 4. The normalized spacial score (nSPS) is 11.1. The van der Waals surface area contributed by atoms with E-state index in [1.165, 1.54) is 10.8 Å². The molecule has 58 heavy (non-hydrogen) atoms. The van der Waals surface area contributed by atoms with E-state index < -0.39 is 0 Å². The molecule has 0 radical (unpaired) electrons. The second-order valence-corrected chi connectivity index (χ2v) is 14.1. The van der Waals surface area contributed by atoms with Gasteiger partial charge in [0.2, 0.25) is 0 Å². The highest BCUT2D eigenvalue weighted by molar-refractivity contribution is 6.10. The molecule has 8 aromatic carbocycles. The van der Waals surface area contributed by atoms with Crippen molar-refractivity contribution in [3.05, 3.63) is 237 Å². The molecule has 0 amide bonds. The Morgan fingerprint density at radius 3 is 1.14 bits per heavy atom. The molecule has 0 atom stereocenters. The van der Waals surface area contributed by atoms with Crippen LogP contribution < -0.4 is 14.7 Å². The van der Waals surface area contributed by atoms with Gasteiger partial charge in [-0.1, -0.05) is 103 Å². The minimum Gasteiger partial charge on any atom is -0.310 e. The third kappa shape index (κ3) is 6.51. The highest BCUT2D eigenvalue weighted by Gasteiger charge is 2.20. The van der Waals surface area contributed by atoms with Crippen molar-refractivity contribution in [2.75, 3.05) is 14.7 Å². The molecule has 0 N–H and O–H groups in total. The zero-order chi connectivity index (χ0) is 38.7. The molecule has 10 rings (SSSR count). The van der Waals surface area contributed by atoms with E-state index in [2.05, 4.69) is 238 Å². The lowest BCUT2D eigenvalue weighted by Crippen LogP contribution is -2.13. The predicted molar refractivity (Wildman–Crippen MR) is 243 cm³/mol. The third-order valence-corrected chi connectivity index (χ3v) is 10.6. The number of rotatable bonds is 10. The molecular formula is C53H39N5. The molecule has 0 saturated heterocycles. The van der Waals surface area contributed by atoms with Crippen LogP contribution >= 0.6 is 0 Å². The first-order chi connectivity index (χ1) is 28.8. The second kappa shape index (κ2) is 15.3. The van der Waals surface area contributed by atoms with Crippen LogP contribution in [0.25, 0.3) is 27.6 Å². The molecule has 0 aliphatic carbocycles. The van der Waals surface area contributed by atoms with E-state index >= 15 is 0 Å². The van der Waals surface area contributed by atoms with Crippen LogP contribution in [0.5, 0.6) is 0 Å². The standard InChI is InChI=1S/C53H39N5/c1-5-18-40(19-6-1)55(41-20-7-2-8-21-41)46-26-17-27-47(38-46)56(42-22-9-3-10-23-42)44-31-33-45(34-32-44)57(43-24-11-4-12-25-43)48-35-36-52-50(39-48)49-28-13-14-29-51(49)58(52)53-30-15-16-37-54-53/h1-39H. The summed E-state index contributed by atoms with van der Waals surface area (Å²) in [6.07, 6.45) is 1.85. The van der Waals surface area contributed by atoms with Crippen LogP contribution in [0, 0.1) is 0 Å². The van der Waals surface area contributed by atoms with Crippen molar-refractivity contribution in [1.29, 1.82) is 0 Å². The number of pyridine rings is 1. The predicted octanol–water partition coefficient (Wildman–Crippen LogP) is 14.6. The first kappa shape index (κ1) is 34.6. The van der Waals surface area contributed by atoms with Gasteiger partial charge in [0.25, 0.3) is 0 Å². The van der Waals surface area contributed by atoms with E-state index in [0.29, 0.717) is 0 Å². The molecule has 2 heterocycles. The number of anilines is 9. The maximum atomic E-state index is 4.73. The molecule has 2 aromatic heterocycles. The van der Waals surface area contributed by atoms with Gasteiger partial charge in [-0.3, -0.25) is 4.57 Å². The Bertz CT molecular complexity index is 2890. The summed E-state index contributed by atoms with van der Waals surface area (Å²) < 4.78 is 2.25. The minimum absolute atomic E-state index is 0.901. The van der Waals surface area contributed by atoms with E-state index in [9.17, 15) is 0 Å². The van der Waals surface area contributed by atoms with Gasteiger partial charge < -0.3 is 14.7 Å². The van der Waals surface area contributed by atoms with Crippen molar-refractivity contribution >= 4 is 73.0 Å². The van der Waals surface area contributed by atoms with Gasteiger partial charge >= 0.3 is 0 Å². The fraction of sp³-hybridized carbons (Fsp3) is 0. The van der Waals surface area contributed by atoms with Crippen LogP contribution in [0.1, 0.15) is 0 Å². The average molecular weight is 746 g/mol. The van der Waals surface area contributed by atoms with E-state index in [1.807, 2.05) is 18.3 Å². The lowest BCUT2D eigenvalue weighted by Gasteiger charge is -2.30. The van der Waals surface area contributed by atoms with E-state index in [0.717, 1.165) is 68.0 Å². The van der Waals surface area contributed by atoms with E-state index in [4.69, 9.17) is 4.98 Å². The quantitative estimate of drug-likeness (QED) is 0.139. The van der Waals surface area contributed by atoms with Crippen LogP contribution in [0.3, 0.4) is 0 Å². The molecule has 0 aliphatic rings. The van der Waals surface area contributed by atoms with Crippen LogP contribution in [0.15, 0.2) is 237 Å². The molecule has 0 fully saturated rings. The topological polar surface area (TPSA) is 27.5 Å². The van der Waals surface area contributed by atoms with Crippen LogP contribution in [-0.2, 0) is 0 Å². The molecule has 5 nitrogen and oxygen atoms in total. The monoisotopic (exact) mass is 745 g/mol. The van der Waals surface area contributed by atoms with Gasteiger partial charge in [0.15, 0.2) is 0 Å². The molecule has 0 bridgehead atoms. The fourth-order valence-corrected chi connectivity index (χ4v) is 8.00. The van der Waals surface area contributed by atoms with Gasteiger partial charge in [-0.05, 0) is 127 Å². The Balaban J connectivity index is 1.07. The summed E-state index contributed by atoms with van der Waals surface area (Å²) in [6, 6.07) is 81.4. The van der Waals surface area contributed by atoms with E-state index in [-0.39, 0.29) is 0 Å². The molecule has 0 spiro atoms. The van der Waals surface area contributed by atoms with Crippen molar-refractivity contribution < 1.29 is 0 Å². The number of aromatic nitrogens is 2. The number of hydrogen-bond donors (Lipinski definition) is 0. The molecule has 10 aromatic rings. The zero-order valence-electron chi connectivity index (χ0n) is 31.8. The molecule has 5 heteroatoms. The smallest absolute Gasteiger partial charge is 0.137 e. The third-order valence-electron chi connectivity index (χ3n) is 10.6. The Morgan fingerprint density at radius 2 is 0.655 bits per heavy atom. The second-order valence-electron chi connectivity index (χ2n) is 14.1. The van der Waals surface area contributed by atoms with Gasteiger partial charge in [0, 0.05) is 68.2 Å². The van der Waals surface area contributed by atoms with Crippen LogP contribution in [0.2, 0.25) is 0 Å². The first-order valence-corrected chi connectivity index (χ1v) is 19.6. The minimum atomic E-state index is 0.901. The largest absolute Gasteiger partial charge is 0.310 e. The summed E-state index contributed by atoms with van der Waals surface area (Å²) >= 11 is 0. The molecule has 0 aliphatic heterocycles. The molecule has 0 saturated carbocycles. The van der Waals surface area contributed by atoms with Gasteiger partial charge in [0.05, 0.1) is 11.0 Å². The van der Waals surface area contributed by atoms with Crippen molar-refractivity contribution in [2.24, 2.45) is 0 Å². The lowest BCUT2D eigenvalue weighted by atomic mass is 10.1. The highest BCUT2D eigenvalue weighted by atomic mass is 15.2. The Morgan fingerprint density at radius 1 is 0.276 bits per heavy atom. The molecular weight excluding hydrogens is 707 g/mol. The Hall–Kier alpha value is -7.89. The Kier molecular flexibility index (Phi) is 9.14.